The third kappa shape index (κ3) is 12.6. The first-order valence-electron chi connectivity index (χ1n) is 13.0. The Labute approximate surface area is 210 Å². The largest absolute Gasteiger partial charge is 0.456 e. The molecular formula is C29H53NO4. The summed E-state index contributed by atoms with van der Waals surface area (Å²) in [5.41, 5.74) is 1.62. The Balaban J connectivity index is 5.58. The topological polar surface area (TPSA) is 64.6 Å². The molecule has 0 fully saturated rings. The predicted octanol–water partition coefficient (Wildman–Crippen LogP) is 7.85. The maximum Gasteiger partial charge on any atom is 0.408 e. The van der Waals surface area contributed by atoms with E-state index in [4.69, 9.17) is 9.47 Å². The molecule has 0 spiro atoms. The molecule has 0 radical (unpaired) electrons. The quantitative estimate of drug-likeness (QED) is 0.203. The van der Waals surface area contributed by atoms with Gasteiger partial charge < -0.3 is 14.8 Å². The van der Waals surface area contributed by atoms with Gasteiger partial charge in [-0.15, -0.1) is 0 Å². The average Bonchev–Trinajstić information content (AvgIpc) is 2.67. The van der Waals surface area contributed by atoms with Crippen molar-refractivity contribution in [3.8, 4) is 0 Å². The molecule has 1 amide bonds. The van der Waals surface area contributed by atoms with E-state index in [0.29, 0.717) is 11.8 Å². The molecular weight excluding hydrogens is 426 g/mol. The van der Waals surface area contributed by atoms with Gasteiger partial charge in [0.05, 0.1) is 0 Å². The Morgan fingerprint density at radius 2 is 1.62 bits per heavy atom. The van der Waals surface area contributed by atoms with Crippen LogP contribution in [0, 0.1) is 23.2 Å². The van der Waals surface area contributed by atoms with Crippen molar-refractivity contribution < 1.29 is 19.1 Å². The van der Waals surface area contributed by atoms with Crippen molar-refractivity contribution in [1.29, 1.82) is 0 Å². The van der Waals surface area contributed by atoms with E-state index in [0.717, 1.165) is 37.7 Å². The lowest BCUT2D eigenvalue weighted by molar-refractivity contribution is -0.152. The molecule has 0 rings (SSSR count). The summed E-state index contributed by atoms with van der Waals surface area (Å²) in [5, 5.41) is 2.52. The van der Waals surface area contributed by atoms with Gasteiger partial charge in [-0.1, -0.05) is 66.2 Å². The van der Waals surface area contributed by atoms with Crippen LogP contribution in [-0.4, -0.2) is 30.3 Å². The van der Waals surface area contributed by atoms with Crippen molar-refractivity contribution >= 4 is 12.1 Å². The second-order valence-corrected chi connectivity index (χ2v) is 12.0. The number of ether oxygens (including phenoxy) is 2. The number of esters is 1. The molecule has 0 aromatic heterocycles. The molecule has 3 unspecified atom stereocenters. The van der Waals surface area contributed by atoms with Gasteiger partial charge in [0.1, 0.15) is 18.2 Å². The fourth-order valence-electron chi connectivity index (χ4n) is 4.07. The van der Waals surface area contributed by atoms with Crippen molar-refractivity contribution in [3.63, 3.8) is 0 Å². The van der Waals surface area contributed by atoms with E-state index in [-0.39, 0.29) is 17.9 Å². The molecule has 0 aliphatic rings. The van der Waals surface area contributed by atoms with Crippen molar-refractivity contribution in [2.75, 3.05) is 6.54 Å². The van der Waals surface area contributed by atoms with Gasteiger partial charge in [0.15, 0.2) is 0 Å². The number of allylic oxidation sites excluding steroid dienone is 2. The van der Waals surface area contributed by atoms with Crippen LogP contribution in [-0.2, 0) is 14.3 Å². The Bertz CT molecular complexity index is 681. The van der Waals surface area contributed by atoms with E-state index in [1.165, 1.54) is 5.57 Å². The van der Waals surface area contributed by atoms with Crippen LogP contribution < -0.4 is 5.32 Å². The highest BCUT2D eigenvalue weighted by Gasteiger charge is 2.40. The summed E-state index contributed by atoms with van der Waals surface area (Å²) < 4.78 is 11.3. The molecule has 0 aliphatic carbocycles. The summed E-state index contributed by atoms with van der Waals surface area (Å²) in [7, 11) is 0. The summed E-state index contributed by atoms with van der Waals surface area (Å²) >= 11 is 0. The number of alkyl carbamates (subject to hydrolysis) is 1. The second kappa shape index (κ2) is 14.6. The molecule has 0 aliphatic heterocycles. The Morgan fingerprint density at radius 1 is 1.03 bits per heavy atom. The van der Waals surface area contributed by atoms with Crippen LogP contribution in [0.5, 0.6) is 0 Å². The first-order valence-corrected chi connectivity index (χ1v) is 13.0. The van der Waals surface area contributed by atoms with E-state index in [1.807, 2.05) is 0 Å². The van der Waals surface area contributed by atoms with E-state index in [1.54, 1.807) is 20.8 Å². The second-order valence-electron chi connectivity index (χ2n) is 12.0. The summed E-state index contributed by atoms with van der Waals surface area (Å²) in [6.07, 6.45) is 6.09. The molecule has 0 bridgehead atoms. The van der Waals surface area contributed by atoms with Crippen LogP contribution in [0.3, 0.4) is 0 Å². The lowest BCUT2D eigenvalue weighted by atomic mass is 9.65. The predicted molar refractivity (Wildman–Crippen MR) is 143 cm³/mol. The van der Waals surface area contributed by atoms with Gasteiger partial charge in [-0.05, 0) is 83.1 Å². The fraction of sp³-hybridized carbons (Fsp3) is 0.793. The zero-order chi connectivity index (χ0) is 26.7. The highest BCUT2D eigenvalue weighted by atomic mass is 16.6. The lowest BCUT2D eigenvalue weighted by Crippen LogP contribution is -2.43. The number of amides is 1. The normalized spacial score (nSPS) is 14.7. The molecule has 1 N–H and O–H groups in total. The molecule has 198 valence electrons. The van der Waals surface area contributed by atoms with Crippen molar-refractivity contribution in [2.45, 2.75) is 120 Å². The van der Waals surface area contributed by atoms with Crippen LogP contribution in [0.2, 0.25) is 0 Å². The lowest BCUT2D eigenvalue weighted by Gasteiger charge is -2.43. The van der Waals surface area contributed by atoms with Gasteiger partial charge in [0.2, 0.25) is 0 Å². The number of rotatable bonds is 14. The first kappa shape index (κ1) is 32.2. The minimum atomic E-state index is -0.625. The van der Waals surface area contributed by atoms with Crippen LogP contribution in [0.25, 0.3) is 0 Å². The molecule has 34 heavy (non-hydrogen) atoms. The molecule has 3 atom stereocenters. The van der Waals surface area contributed by atoms with Crippen molar-refractivity contribution in [3.05, 3.63) is 23.8 Å². The van der Waals surface area contributed by atoms with Crippen molar-refractivity contribution in [1.82, 2.24) is 5.32 Å². The number of hydrogen-bond acceptors (Lipinski definition) is 4. The monoisotopic (exact) mass is 479 g/mol. The Morgan fingerprint density at radius 3 is 2.09 bits per heavy atom. The van der Waals surface area contributed by atoms with E-state index in [2.05, 4.69) is 73.4 Å². The van der Waals surface area contributed by atoms with E-state index >= 15 is 0 Å². The highest BCUT2D eigenvalue weighted by molar-refractivity contribution is 5.78. The molecule has 0 heterocycles. The summed E-state index contributed by atoms with van der Waals surface area (Å²) in [4.78, 5) is 24.8. The first-order chi connectivity index (χ1) is 15.5. The summed E-state index contributed by atoms with van der Waals surface area (Å²) in [6, 6.07) is 0. The standard InChI is InChI=1S/C29H53NO4/c1-13-15-24(29(11,12)21(4)5)26(23(7)18-22(6)17-14-16-20(2)3)33-25(31)19-30-27(32)34-28(8,9)10/h16,21-22,24,26H,7,13-15,17-19H2,1-6,8-12H3,(H,30,32). The van der Waals surface area contributed by atoms with Gasteiger partial charge in [0.25, 0.3) is 0 Å². The highest BCUT2D eigenvalue weighted by Crippen LogP contribution is 2.43. The fourth-order valence-corrected chi connectivity index (χ4v) is 4.07. The smallest absolute Gasteiger partial charge is 0.408 e. The number of nitrogens with one attached hydrogen (secondary N) is 1. The summed E-state index contributed by atoms with van der Waals surface area (Å²) in [6.45, 7) is 27.1. The van der Waals surface area contributed by atoms with E-state index < -0.39 is 23.8 Å². The number of hydrogen-bond donors (Lipinski definition) is 1. The van der Waals surface area contributed by atoms with Gasteiger partial charge in [0, 0.05) is 5.92 Å². The Hall–Kier alpha value is -1.78. The van der Waals surface area contributed by atoms with Crippen LogP contribution >= 0.6 is 0 Å². The Kier molecular flexibility index (Phi) is 13.8. The zero-order valence-electron chi connectivity index (χ0n) is 24.0. The van der Waals surface area contributed by atoms with Crippen LogP contribution in [0.4, 0.5) is 4.79 Å². The third-order valence-electron chi connectivity index (χ3n) is 6.67. The van der Waals surface area contributed by atoms with Gasteiger partial charge >= 0.3 is 12.1 Å². The number of carbonyl (C=O) groups excluding carboxylic acids is 2. The maximum atomic E-state index is 12.8. The summed E-state index contributed by atoms with van der Waals surface area (Å²) in [5.74, 6) is 0.525. The zero-order valence-corrected chi connectivity index (χ0v) is 24.0. The van der Waals surface area contributed by atoms with Gasteiger partial charge in [-0.25, -0.2) is 4.79 Å². The average molecular weight is 480 g/mol. The molecule has 5 nitrogen and oxygen atoms in total. The van der Waals surface area contributed by atoms with Crippen LogP contribution in [0.15, 0.2) is 23.8 Å². The van der Waals surface area contributed by atoms with Gasteiger partial charge in [-0.2, -0.15) is 0 Å². The van der Waals surface area contributed by atoms with Gasteiger partial charge in [-0.3, -0.25) is 4.79 Å². The molecule has 0 saturated heterocycles. The van der Waals surface area contributed by atoms with Crippen LogP contribution in [0.1, 0.15) is 108 Å². The molecule has 0 saturated carbocycles. The van der Waals surface area contributed by atoms with E-state index in [9.17, 15) is 9.59 Å². The third-order valence-corrected chi connectivity index (χ3v) is 6.67. The number of carbonyl (C=O) groups is 2. The molecule has 5 heteroatoms. The SMILES string of the molecule is C=C(CC(C)CCC=C(C)C)C(OC(=O)CNC(=O)OC(C)(C)C)C(CCC)C(C)(C)C(C)C. The minimum absolute atomic E-state index is 0.0478. The van der Waals surface area contributed by atoms with Crippen molar-refractivity contribution in [2.24, 2.45) is 23.2 Å². The minimum Gasteiger partial charge on any atom is -0.456 e. The molecule has 0 aromatic rings. The molecule has 0 aromatic carbocycles. The maximum absolute atomic E-state index is 12.8.